The smallest absolute Gasteiger partial charge is 0.265 e. The Bertz CT molecular complexity index is 1340. The van der Waals surface area contributed by atoms with Crippen molar-refractivity contribution < 1.29 is 19.2 Å². The van der Waals surface area contributed by atoms with Gasteiger partial charge in [-0.1, -0.05) is 62.4 Å². The van der Waals surface area contributed by atoms with Crippen molar-refractivity contribution in [2.45, 2.75) is 39.5 Å². The van der Waals surface area contributed by atoms with E-state index in [2.05, 4.69) is 9.98 Å². The zero-order valence-corrected chi connectivity index (χ0v) is 22.7. The minimum absolute atomic E-state index is 0.00889. The topological polar surface area (TPSA) is 106 Å². The van der Waals surface area contributed by atoms with Crippen molar-refractivity contribution in [1.82, 2.24) is 20.0 Å². The first-order valence-corrected chi connectivity index (χ1v) is 13.7. The molecule has 6 rings (SSSR count). The van der Waals surface area contributed by atoms with E-state index in [1.807, 2.05) is 74.5 Å². The normalized spacial score (nSPS) is 18.1. The standard InChI is InChI=1S/C15H17N3O2.C15H15N3O2/c2*1-2-11-7-3-4-8-12(11)16-13-14(19)17-9-5-6-10-18(17)15(13)20/h3-4,7-8H,2,5-6,9-10H2,1H3;3-8H,2,9-10H2,1H3. The van der Waals surface area contributed by atoms with E-state index in [0.29, 0.717) is 37.6 Å². The Morgan fingerprint density at radius 1 is 0.575 bits per heavy atom. The monoisotopic (exact) mass is 540 g/mol. The number of carbonyl (C=O) groups is 4. The van der Waals surface area contributed by atoms with E-state index >= 15 is 0 Å². The van der Waals surface area contributed by atoms with E-state index in [1.165, 1.54) is 20.0 Å². The molecule has 2 aromatic carbocycles. The van der Waals surface area contributed by atoms with Crippen LogP contribution in [0.3, 0.4) is 0 Å². The Kier molecular flexibility index (Phi) is 7.86. The van der Waals surface area contributed by atoms with Gasteiger partial charge in [0, 0.05) is 13.1 Å². The first kappa shape index (κ1) is 27.0. The van der Waals surface area contributed by atoms with Crippen molar-refractivity contribution in [3.63, 3.8) is 0 Å². The average Bonchev–Trinajstić information content (AvgIpc) is 3.38. The highest BCUT2D eigenvalue weighted by molar-refractivity contribution is 6.68. The molecular formula is C30H32N6O4. The van der Waals surface area contributed by atoms with E-state index in [-0.39, 0.29) is 35.1 Å². The first-order chi connectivity index (χ1) is 19.4. The maximum atomic E-state index is 12.3. The van der Waals surface area contributed by atoms with Crippen molar-refractivity contribution >= 4 is 46.4 Å². The summed E-state index contributed by atoms with van der Waals surface area (Å²) in [6.45, 7) is 6.13. The minimum atomic E-state index is -0.315. The second-order valence-electron chi connectivity index (χ2n) is 9.69. The van der Waals surface area contributed by atoms with E-state index < -0.39 is 0 Å². The highest BCUT2D eigenvalue weighted by atomic mass is 16.2. The van der Waals surface area contributed by atoms with Gasteiger partial charge in [0.25, 0.3) is 23.6 Å². The predicted molar refractivity (Wildman–Crippen MR) is 151 cm³/mol. The van der Waals surface area contributed by atoms with E-state index in [0.717, 1.165) is 36.8 Å². The van der Waals surface area contributed by atoms with Gasteiger partial charge < -0.3 is 0 Å². The van der Waals surface area contributed by atoms with Gasteiger partial charge in [0.1, 0.15) is 0 Å². The summed E-state index contributed by atoms with van der Waals surface area (Å²) in [7, 11) is 0. The molecule has 0 aliphatic carbocycles. The second kappa shape index (κ2) is 11.6. The highest BCUT2D eigenvalue weighted by Gasteiger charge is 2.44. The van der Waals surface area contributed by atoms with Crippen LogP contribution in [0.4, 0.5) is 11.4 Å². The van der Waals surface area contributed by atoms with Crippen LogP contribution in [0.15, 0.2) is 70.7 Å². The average molecular weight is 541 g/mol. The molecule has 0 N–H and O–H groups in total. The fraction of sp³-hybridized carbons (Fsp3) is 0.333. The lowest BCUT2D eigenvalue weighted by Gasteiger charge is -2.31. The molecule has 40 heavy (non-hydrogen) atoms. The summed E-state index contributed by atoms with van der Waals surface area (Å²) in [5.41, 5.74) is 3.54. The molecule has 2 aromatic rings. The number of amides is 4. The number of aryl methyl sites for hydroxylation is 2. The van der Waals surface area contributed by atoms with E-state index in [1.54, 1.807) is 0 Å². The number of para-hydroxylation sites is 2. The zero-order chi connectivity index (χ0) is 28.2. The van der Waals surface area contributed by atoms with Crippen LogP contribution in [0.5, 0.6) is 0 Å². The van der Waals surface area contributed by atoms with Crippen molar-refractivity contribution in [2.75, 3.05) is 26.2 Å². The quantitative estimate of drug-likeness (QED) is 0.556. The van der Waals surface area contributed by atoms with Crippen LogP contribution >= 0.6 is 0 Å². The zero-order valence-electron chi connectivity index (χ0n) is 22.7. The first-order valence-electron chi connectivity index (χ1n) is 13.7. The Morgan fingerprint density at radius 2 is 0.950 bits per heavy atom. The largest absolute Gasteiger partial charge is 0.297 e. The molecule has 206 valence electrons. The van der Waals surface area contributed by atoms with Crippen molar-refractivity contribution in [1.29, 1.82) is 0 Å². The molecule has 4 heterocycles. The van der Waals surface area contributed by atoms with E-state index in [9.17, 15) is 19.2 Å². The molecular weight excluding hydrogens is 508 g/mol. The second-order valence-corrected chi connectivity index (χ2v) is 9.69. The van der Waals surface area contributed by atoms with Crippen molar-refractivity contribution in [3.05, 3.63) is 71.8 Å². The van der Waals surface area contributed by atoms with E-state index in [4.69, 9.17) is 0 Å². The molecule has 0 radical (unpaired) electrons. The van der Waals surface area contributed by atoms with Crippen LogP contribution in [0.2, 0.25) is 0 Å². The minimum Gasteiger partial charge on any atom is -0.265 e. The number of nitrogens with zero attached hydrogens (tertiary/aromatic N) is 6. The van der Waals surface area contributed by atoms with Crippen LogP contribution in [-0.4, -0.2) is 81.3 Å². The molecule has 0 unspecified atom stereocenters. The number of hydrogen-bond donors (Lipinski definition) is 0. The Hall–Kier alpha value is -4.60. The number of fused-ring (bicyclic) bond motifs is 2. The molecule has 4 amide bonds. The van der Waals surface area contributed by atoms with Gasteiger partial charge in [-0.3, -0.25) is 19.2 Å². The molecule has 0 atom stereocenters. The summed E-state index contributed by atoms with van der Waals surface area (Å²) in [5, 5.41) is 5.93. The molecule has 4 aliphatic rings. The number of hydrazine groups is 2. The maximum absolute atomic E-state index is 12.3. The van der Waals surface area contributed by atoms with Crippen molar-refractivity contribution in [3.8, 4) is 0 Å². The summed E-state index contributed by atoms with van der Waals surface area (Å²) in [6.07, 6.45) is 7.27. The molecule has 10 heteroatoms. The fourth-order valence-corrected chi connectivity index (χ4v) is 5.06. The number of rotatable bonds is 4. The Balaban J connectivity index is 0.000000161. The third-order valence-electron chi connectivity index (χ3n) is 7.25. The van der Waals surface area contributed by atoms with Crippen LogP contribution < -0.4 is 0 Å². The van der Waals surface area contributed by atoms with Crippen LogP contribution in [0.25, 0.3) is 0 Å². The summed E-state index contributed by atoms with van der Waals surface area (Å²) >= 11 is 0. The Labute approximate surface area is 233 Å². The lowest BCUT2D eigenvalue weighted by molar-refractivity contribution is -0.150. The molecule has 3 saturated heterocycles. The van der Waals surface area contributed by atoms with Gasteiger partial charge >= 0.3 is 0 Å². The fourth-order valence-electron chi connectivity index (χ4n) is 5.06. The SMILES string of the molecule is CCc1ccccc1N=C1C(=O)N2CC=CCN2C1=O.CCc1ccccc1N=C1C(=O)N2CCCCN2C1=O. The maximum Gasteiger partial charge on any atom is 0.297 e. The molecule has 4 aliphatic heterocycles. The van der Waals surface area contributed by atoms with Gasteiger partial charge in [0.2, 0.25) is 0 Å². The molecule has 0 spiro atoms. The highest BCUT2D eigenvalue weighted by Crippen LogP contribution is 2.25. The van der Waals surface area contributed by atoms with Gasteiger partial charge in [0.05, 0.1) is 24.5 Å². The van der Waals surface area contributed by atoms with Gasteiger partial charge in [-0.05, 0) is 48.9 Å². The summed E-state index contributed by atoms with van der Waals surface area (Å²) in [4.78, 5) is 57.8. The summed E-state index contributed by atoms with van der Waals surface area (Å²) < 4.78 is 0. The van der Waals surface area contributed by atoms with Crippen LogP contribution in [0.1, 0.15) is 37.8 Å². The molecule has 3 fully saturated rings. The molecule has 10 nitrogen and oxygen atoms in total. The summed E-state index contributed by atoms with van der Waals surface area (Å²) in [5.74, 6) is -1.16. The number of hydrogen-bond acceptors (Lipinski definition) is 6. The Morgan fingerprint density at radius 3 is 1.35 bits per heavy atom. The van der Waals surface area contributed by atoms with Crippen molar-refractivity contribution in [2.24, 2.45) is 9.98 Å². The lowest BCUT2D eigenvalue weighted by atomic mass is 10.1. The molecule has 0 bridgehead atoms. The number of benzene rings is 2. The molecule has 0 saturated carbocycles. The summed E-state index contributed by atoms with van der Waals surface area (Å²) in [6, 6.07) is 15.2. The lowest BCUT2D eigenvalue weighted by Crippen LogP contribution is -2.45. The van der Waals surface area contributed by atoms with Crippen LogP contribution in [-0.2, 0) is 32.0 Å². The number of carbonyl (C=O) groups excluding carboxylic acids is 4. The number of aliphatic imine (C=N–C) groups is 2. The van der Waals surface area contributed by atoms with Gasteiger partial charge in [0.15, 0.2) is 11.4 Å². The van der Waals surface area contributed by atoms with Crippen LogP contribution in [0, 0.1) is 0 Å². The predicted octanol–water partition coefficient (Wildman–Crippen LogP) is 3.18. The molecule has 0 aromatic heterocycles. The van der Waals surface area contributed by atoms with Gasteiger partial charge in [-0.15, -0.1) is 0 Å². The third-order valence-corrected chi connectivity index (χ3v) is 7.25. The van der Waals surface area contributed by atoms with Gasteiger partial charge in [-0.25, -0.2) is 30.0 Å². The van der Waals surface area contributed by atoms with Gasteiger partial charge in [-0.2, -0.15) is 0 Å². The third kappa shape index (κ3) is 5.04.